The number of carboxylic acids is 1. The first kappa shape index (κ1) is 16.4. The van der Waals surface area contributed by atoms with Crippen LogP contribution in [0.5, 0.6) is 0 Å². The van der Waals surface area contributed by atoms with E-state index in [9.17, 15) is 19.1 Å². The van der Waals surface area contributed by atoms with Crippen molar-refractivity contribution in [2.75, 3.05) is 0 Å². The third-order valence-corrected chi connectivity index (χ3v) is 4.59. The van der Waals surface area contributed by atoms with E-state index in [4.69, 9.17) is 0 Å². The molecule has 3 N–H and O–H groups in total. The maximum Gasteiger partial charge on any atom is 0.316 e. The van der Waals surface area contributed by atoms with Gasteiger partial charge in [-0.3, -0.25) is 9.59 Å². The molecule has 128 valence electrons. The number of rotatable bonds is 5. The molecule has 0 unspecified atom stereocenters. The second-order valence-electron chi connectivity index (χ2n) is 6.28. The van der Waals surface area contributed by atoms with Crippen molar-refractivity contribution in [2.45, 2.75) is 38.6 Å². The van der Waals surface area contributed by atoms with Crippen molar-refractivity contribution in [3.8, 4) is 0 Å². The quantitative estimate of drug-likeness (QED) is 0.733. The molecule has 3 rings (SSSR count). The number of amides is 1. The zero-order chi connectivity index (χ0) is 17.1. The Balaban J connectivity index is 1.66. The summed E-state index contributed by atoms with van der Waals surface area (Å²) in [6.07, 6.45) is 4.58. The van der Waals surface area contributed by atoms with Crippen LogP contribution in [0.4, 0.5) is 4.39 Å². The van der Waals surface area contributed by atoms with Crippen molar-refractivity contribution in [3.63, 3.8) is 0 Å². The van der Waals surface area contributed by atoms with Crippen molar-refractivity contribution in [1.29, 1.82) is 0 Å². The predicted octanol–water partition coefficient (Wildman–Crippen LogP) is 2.60. The number of aliphatic carboxylic acids is 1. The third-order valence-electron chi connectivity index (χ3n) is 4.59. The van der Waals surface area contributed by atoms with Gasteiger partial charge in [-0.1, -0.05) is 19.3 Å². The van der Waals surface area contributed by atoms with Crippen LogP contribution in [0.15, 0.2) is 18.2 Å². The van der Waals surface area contributed by atoms with Crippen LogP contribution in [0.3, 0.4) is 0 Å². The molecule has 1 aliphatic carbocycles. The van der Waals surface area contributed by atoms with E-state index in [0.29, 0.717) is 16.9 Å². The van der Waals surface area contributed by atoms with E-state index in [2.05, 4.69) is 15.3 Å². The van der Waals surface area contributed by atoms with Gasteiger partial charge in [0.1, 0.15) is 17.6 Å². The molecule has 1 aromatic heterocycles. The van der Waals surface area contributed by atoms with Crippen molar-refractivity contribution in [1.82, 2.24) is 15.3 Å². The summed E-state index contributed by atoms with van der Waals surface area (Å²) in [6, 6.07) is 4.19. The van der Waals surface area contributed by atoms with E-state index >= 15 is 0 Å². The molecule has 0 saturated heterocycles. The van der Waals surface area contributed by atoms with Gasteiger partial charge in [0.05, 0.1) is 17.6 Å². The second kappa shape index (κ2) is 6.98. The summed E-state index contributed by atoms with van der Waals surface area (Å²) in [5.74, 6) is -2.60. The molecular weight excluding hydrogens is 313 g/mol. The average Bonchev–Trinajstić information content (AvgIpc) is 2.95. The average molecular weight is 333 g/mol. The van der Waals surface area contributed by atoms with Crippen LogP contribution < -0.4 is 5.32 Å². The van der Waals surface area contributed by atoms with Crippen molar-refractivity contribution < 1.29 is 19.1 Å². The van der Waals surface area contributed by atoms with Gasteiger partial charge in [0, 0.05) is 0 Å². The number of H-pyrrole nitrogens is 1. The minimum absolute atomic E-state index is 0.0889. The topological polar surface area (TPSA) is 95.1 Å². The number of carboxylic acid groups (broad SMARTS) is 1. The Labute approximate surface area is 138 Å². The van der Waals surface area contributed by atoms with Gasteiger partial charge in [-0.05, 0) is 37.0 Å². The maximum absolute atomic E-state index is 13.2. The van der Waals surface area contributed by atoms with E-state index in [1.165, 1.54) is 12.1 Å². The number of halogens is 1. The fourth-order valence-electron chi connectivity index (χ4n) is 3.39. The van der Waals surface area contributed by atoms with Crippen LogP contribution in [0, 0.1) is 17.7 Å². The van der Waals surface area contributed by atoms with Gasteiger partial charge in [0.15, 0.2) is 0 Å². The Morgan fingerprint density at radius 2 is 2.08 bits per heavy atom. The molecule has 1 heterocycles. The van der Waals surface area contributed by atoms with Gasteiger partial charge in [-0.25, -0.2) is 9.37 Å². The number of carbonyl (C=O) groups is 2. The number of carbonyl (C=O) groups excluding carboxylic acids is 1. The highest BCUT2D eigenvalue weighted by atomic mass is 19.1. The molecule has 0 radical (unpaired) electrons. The molecule has 1 atom stereocenters. The van der Waals surface area contributed by atoms with E-state index < -0.39 is 17.8 Å². The Morgan fingerprint density at radius 1 is 1.33 bits per heavy atom. The molecule has 2 aromatic rings. The monoisotopic (exact) mass is 333 g/mol. The van der Waals surface area contributed by atoms with Crippen LogP contribution in [-0.2, 0) is 16.1 Å². The summed E-state index contributed by atoms with van der Waals surface area (Å²) in [4.78, 5) is 31.0. The van der Waals surface area contributed by atoms with E-state index in [0.717, 1.165) is 32.1 Å². The number of imidazole rings is 1. The van der Waals surface area contributed by atoms with Gasteiger partial charge in [-0.2, -0.15) is 0 Å². The highest BCUT2D eigenvalue weighted by Gasteiger charge is 2.35. The lowest BCUT2D eigenvalue weighted by Crippen LogP contribution is -2.40. The SMILES string of the molecule is O=C(O)[C@@H](C(=O)NCc1nc2ccc(F)cc2[nH]1)C1CCCCC1. The summed E-state index contributed by atoms with van der Waals surface area (Å²) in [6.45, 7) is 0.0889. The third kappa shape index (κ3) is 3.55. The summed E-state index contributed by atoms with van der Waals surface area (Å²) < 4.78 is 13.2. The lowest BCUT2D eigenvalue weighted by Gasteiger charge is -2.26. The lowest BCUT2D eigenvalue weighted by atomic mass is 9.79. The molecule has 1 fully saturated rings. The van der Waals surface area contributed by atoms with Crippen LogP contribution >= 0.6 is 0 Å². The highest BCUT2D eigenvalue weighted by Crippen LogP contribution is 2.30. The molecule has 24 heavy (non-hydrogen) atoms. The van der Waals surface area contributed by atoms with Gasteiger partial charge in [-0.15, -0.1) is 0 Å². The largest absolute Gasteiger partial charge is 0.481 e. The molecule has 0 aliphatic heterocycles. The molecule has 1 saturated carbocycles. The number of nitrogens with one attached hydrogen (secondary N) is 2. The standard InChI is InChI=1S/C17H20FN3O3/c18-11-6-7-12-13(8-11)21-14(20-12)9-19-16(22)15(17(23)24)10-4-2-1-3-5-10/h6-8,10,15H,1-5,9H2,(H,19,22)(H,20,21)(H,23,24)/t15-/m1/s1. The Kier molecular flexibility index (Phi) is 4.78. The number of hydrogen-bond donors (Lipinski definition) is 3. The predicted molar refractivity (Wildman–Crippen MR) is 85.6 cm³/mol. The molecular formula is C17H20FN3O3. The fraction of sp³-hybridized carbons (Fsp3) is 0.471. The summed E-state index contributed by atoms with van der Waals surface area (Å²) in [5, 5.41) is 12.1. The molecule has 1 amide bonds. The Morgan fingerprint density at radius 3 is 2.79 bits per heavy atom. The zero-order valence-electron chi connectivity index (χ0n) is 13.2. The molecule has 6 nitrogen and oxygen atoms in total. The first-order valence-electron chi connectivity index (χ1n) is 8.19. The summed E-state index contributed by atoms with van der Waals surface area (Å²) in [7, 11) is 0. The fourth-order valence-corrected chi connectivity index (χ4v) is 3.39. The molecule has 1 aliphatic rings. The number of fused-ring (bicyclic) bond motifs is 1. The normalized spacial score (nSPS) is 16.9. The second-order valence-corrected chi connectivity index (χ2v) is 6.28. The number of aromatic nitrogens is 2. The lowest BCUT2D eigenvalue weighted by molar-refractivity contribution is -0.150. The molecule has 1 aromatic carbocycles. The number of hydrogen-bond acceptors (Lipinski definition) is 3. The number of aromatic amines is 1. The highest BCUT2D eigenvalue weighted by molar-refractivity contribution is 5.97. The first-order chi connectivity index (χ1) is 11.5. The molecule has 0 bridgehead atoms. The van der Waals surface area contributed by atoms with Crippen LogP contribution in [0.2, 0.25) is 0 Å². The minimum Gasteiger partial charge on any atom is -0.481 e. The van der Waals surface area contributed by atoms with Crippen LogP contribution in [-0.4, -0.2) is 27.0 Å². The first-order valence-corrected chi connectivity index (χ1v) is 8.19. The molecule has 0 spiro atoms. The summed E-state index contributed by atoms with van der Waals surface area (Å²) >= 11 is 0. The number of nitrogens with zero attached hydrogens (tertiary/aromatic N) is 1. The summed E-state index contributed by atoms with van der Waals surface area (Å²) in [5.41, 5.74) is 1.14. The van der Waals surface area contributed by atoms with E-state index in [1.807, 2.05) is 0 Å². The van der Waals surface area contributed by atoms with E-state index in [1.54, 1.807) is 6.07 Å². The smallest absolute Gasteiger partial charge is 0.316 e. The van der Waals surface area contributed by atoms with Gasteiger partial charge < -0.3 is 15.4 Å². The van der Waals surface area contributed by atoms with Crippen LogP contribution in [0.25, 0.3) is 11.0 Å². The van der Waals surface area contributed by atoms with Crippen LogP contribution in [0.1, 0.15) is 37.9 Å². The molecule has 7 heteroatoms. The van der Waals surface area contributed by atoms with Crippen molar-refractivity contribution in [2.24, 2.45) is 11.8 Å². The van der Waals surface area contributed by atoms with Crippen molar-refractivity contribution in [3.05, 3.63) is 29.8 Å². The maximum atomic E-state index is 13.2. The Bertz CT molecular complexity index is 753. The van der Waals surface area contributed by atoms with Gasteiger partial charge >= 0.3 is 5.97 Å². The van der Waals surface area contributed by atoms with Gasteiger partial charge in [0.25, 0.3) is 0 Å². The van der Waals surface area contributed by atoms with E-state index in [-0.39, 0.29) is 18.3 Å². The van der Waals surface area contributed by atoms with Crippen molar-refractivity contribution >= 4 is 22.9 Å². The van der Waals surface area contributed by atoms with Gasteiger partial charge in [0.2, 0.25) is 5.91 Å². The minimum atomic E-state index is -1.08. The zero-order valence-corrected chi connectivity index (χ0v) is 13.2. The Hall–Kier alpha value is -2.44. The number of benzene rings is 1.